The third kappa shape index (κ3) is 3.62. The zero-order chi connectivity index (χ0) is 14.7. The molecule has 2 unspecified atom stereocenters. The Hall–Kier alpha value is -0.390. The summed E-state index contributed by atoms with van der Waals surface area (Å²) in [5, 5.41) is 0.769. The van der Waals surface area contributed by atoms with Gasteiger partial charge < -0.3 is 5.73 Å². The molecule has 2 atom stereocenters. The van der Waals surface area contributed by atoms with Crippen molar-refractivity contribution in [1.82, 2.24) is 4.90 Å². The van der Waals surface area contributed by atoms with Crippen LogP contribution in [0.15, 0.2) is 40.2 Å². The van der Waals surface area contributed by atoms with Gasteiger partial charge in [-0.3, -0.25) is 4.90 Å². The summed E-state index contributed by atoms with van der Waals surface area (Å²) >= 11 is 11.3. The number of nitrogens with two attached hydrogens (primary N) is 1. The summed E-state index contributed by atoms with van der Waals surface area (Å²) in [6, 6.07) is 12.7. The van der Waals surface area contributed by atoms with Crippen molar-refractivity contribution in [3.8, 4) is 0 Å². The predicted molar refractivity (Wildman–Crippen MR) is 91.4 cm³/mol. The van der Waals surface area contributed by atoms with E-state index in [0.29, 0.717) is 6.54 Å². The van der Waals surface area contributed by atoms with Gasteiger partial charge in [-0.15, -0.1) is 11.3 Å². The molecule has 5 heteroatoms. The van der Waals surface area contributed by atoms with Crippen LogP contribution in [0.25, 0.3) is 0 Å². The van der Waals surface area contributed by atoms with Gasteiger partial charge in [-0.05, 0) is 59.7 Å². The van der Waals surface area contributed by atoms with Crippen molar-refractivity contribution in [3.05, 3.63) is 55.6 Å². The van der Waals surface area contributed by atoms with E-state index in [-0.39, 0.29) is 12.1 Å². The molecular weight excluding hydrogens is 356 g/mol. The molecule has 1 heterocycles. The van der Waals surface area contributed by atoms with Crippen LogP contribution in [0.5, 0.6) is 0 Å². The Morgan fingerprint density at radius 3 is 2.65 bits per heavy atom. The van der Waals surface area contributed by atoms with Crippen molar-refractivity contribution in [2.75, 3.05) is 13.6 Å². The van der Waals surface area contributed by atoms with Gasteiger partial charge in [0.15, 0.2) is 0 Å². The molecule has 2 N–H and O–H groups in total. The Balaban J connectivity index is 2.22. The highest BCUT2D eigenvalue weighted by molar-refractivity contribution is 9.11. The number of hydrogen-bond donors (Lipinski definition) is 1. The number of thiophene rings is 1. The van der Waals surface area contributed by atoms with Gasteiger partial charge in [-0.1, -0.05) is 23.7 Å². The Kier molecular flexibility index (Phi) is 5.64. The smallest absolute Gasteiger partial charge is 0.0702 e. The van der Waals surface area contributed by atoms with Crippen LogP contribution in [-0.2, 0) is 0 Å². The Labute approximate surface area is 137 Å². The molecule has 0 fully saturated rings. The van der Waals surface area contributed by atoms with Gasteiger partial charge in [0.2, 0.25) is 0 Å². The van der Waals surface area contributed by atoms with Gasteiger partial charge in [-0.2, -0.15) is 0 Å². The van der Waals surface area contributed by atoms with E-state index in [9.17, 15) is 0 Å². The summed E-state index contributed by atoms with van der Waals surface area (Å²) in [7, 11) is 2.11. The first-order chi connectivity index (χ1) is 9.52. The van der Waals surface area contributed by atoms with Gasteiger partial charge in [0, 0.05) is 22.5 Å². The van der Waals surface area contributed by atoms with Gasteiger partial charge >= 0.3 is 0 Å². The Morgan fingerprint density at radius 1 is 1.35 bits per heavy atom. The molecule has 2 rings (SSSR count). The number of rotatable bonds is 5. The molecule has 0 spiro atoms. The van der Waals surface area contributed by atoms with E-state index in [1.807, 2.05) is 18.2 Å². The lowest BCUT2D eigenvalue weighted by Crippen LogP contribution is -2.32. The first kappa shape index (κ1) is 16.0. The van der Waals surface area contributed by atoms with E-state index in [1.54, 1.807) is 11.3 Å². The van der Waals surface area contributed by atoms with Crippen molar-refractivity contribution in [3.63, 3.8) is 0 Å². The number of hydrogen-bond acceptors (Lipinski definition) is 3. The first-order valence-electron chi connectivity index (χ1n) is 6.45. The second-order valence-corrected chi connectivity index (χ2v) is 7.72. The normalized spacial score (nSPS) is 14.5. The van der Waals surface area contributed by atoms with Crippen molar-refractivity contribution in [1.29, 1.82) is 0 Å². The molecule has 0 aliphatic rings. The van der Waals surface area contributed by atoms with Gasteiger partial charge in [0.25, 0.3) is 0 Å². The molecular formula is C15H18BrClN2S. The average Bonchev–Trinajstić information content (AvgIpc) is 2.85. The zero-order valence-corrected chi connectivity index (χ0v) is 14.7. The number of likely N-dealkylation sites (N-methyl/N-ethyl adjacent to an activating group) is 1. The summed E-state index contributed by atoms with van der Waals surface area (Å²) in [5.74, 6) is 0. The summed E-state index contributed by atoms with van der Waals surface area (Å²) in [5.41, 5.74) is 7.19. The molecule has 2 nitrogen and oxygen atoms in total. The Morgan fingerprint density at radius 2 is 2.10 bits per heavy atom. The van der Waals surface area contributed by atoms with Crippen LogP contribution < -0.4 is 5.73 Å². The van der Waals surface area contributed by atoms with Crippen LogP contribution >= 0.6 is 38.9 Å². The van der Waals surface area contributed by atoms with Gasteiger partial charge in [0.1, 0.15) is 0 Å². The minimum absolute atomic E-state index is 0.209. The van der Waals surface area contributed by atoms with Crippen molar-refractivity contribution in [2.45, 2.75) is 19.0 Å². The number of halogens is 2. The first-order valence-corrected chi connectivity index (χ1v) is 8.44. The second kappa shape index (κ2) is 7.05. The van der Waals surface area contributed by atoms with E-state index in [4.69, 9.17) is 17.3 Å². The lowest BCUT2D eigenvalue weighted by molar-refractivity contribution is 0.193. The largest absolute Gasteiger partial charge is 0.329 e. The van der Waals surface area contributed by atoms with Crippen molar-refractivity contribution in [2.24, 2.45) is 5.73 Å². The molecule has 20 heavy (non-hydrogen) atoms. The van der Waals surface area contributed by atoms with Crippen LogP contribution in [-0.4, -0.2) is 18.5 Å². The van der Waals surface area contributed by atoms with Gasteiger partial charge in [0.05, 0.1) is 9.83 Å². The lowest BCUT2D eigenvalue weighted by atomic mass is 10.0. The highest BCUT2D eigenvalue weighted by Gasteiger charge is 2.22. The fourth-order valence-corrected chi connectivity index (χ4v) is 4.05. The highest BCUT2D eigenvalue weighted by atomic mass is 79.9. The van der Waals surface area contributed by atoms with E-state index < -0.39 is 0 Å². The van der Waals surface area contributed by atoms with Crippen LogP contribution in [0.3, 0.4) is 0 Å². The van der Waals surface area contributed by atoms with Crippen molar-refractivity contribution < 1.29 is 0 Å². The maximum atomic E-state index is 6.08. The molecule has 0 amide bonds. The fraction of sp³-hybridized carbons (Fsp3) is 0.333. The maximum absolute atomic E-state index is 6.08. The monoisotopic (exact) mass is 372 g/mol. The average molecular weight is 374 g/mol. The zero-order valence-electron chi connectivity index (χ0n) is 11.5. The standard InChI is InChI=1S/C15H18BrClN2S/c1-10(11-4-3-5-12(17)8-11)19(2)13(9-18)14-6-7-15(16)20-14/h3-8,10,13H,9,18H2,1-2H3. The quantitative estimate of drug-likeness (QED) is 0.811. The Bertz CT molecular complexity index is 573. The lowest BCUT2D eigenvalue weighted by Gasteiger charge is -2.32. The molecule has 2 aromatic rings. The van der Waals surface area contributed by atoms with Crippen LogP contribution in [0, 0.1) is 0 Å². The predicted octanol–water partition coefficient (Wildman–Crippen LogP) is 4.86. The topological polar surface area (TPSA) is 29.3 Å². The third-order valence-electron chi connectivity index (χ3n) is 3.58. The summed E-state index contributed by atoms with van der Waals surface area (Å²) < 4.78 is 1.13. The van der Waals surface area contributed by atoms with Crippen molar-refractivity contribution >= 4 is 38.9 Å². The second-order valence-electron chi connectivity index (χ2n) is 4.79. The maximum Gasteiger partial charge on any atom is 0.0702 e. The molecule has 0 saturated heterocycles. The molecule has 1 aromatic carbocycles. The van der Waals surface area contributed by atoms with Crippen LogP contribution in [0.1, 0.15) is 29.4 Å². The molecule has 108 valence electrons. The number of benzene rings is 1. The molecule has 0 aliphatic carbocycles. The van der Waals surface area contributed by atoms with E-state index in [1.165, 1.54) is 10.4 Å². The minimum Gasteiger partial charge on any atom is -0.329 e. The summed E-state index contributed by atoms with van der Waals surface area (Å²) in [6.07, 6.45) is 0. The highest BCUT2D eigenvalue weighted by Crippen LogP contribution is 2.34. The third-order valence-corrected chi connectivity index (χ3v) is 5.54. The fourth-order valence-electron chi connectivity index (χ4n) is 2.26. The molecule has 0 saturated carbocycles. The molecule has 0 aliphatic heterocycles. The van der Waals surface area contributed by atoms with Gasteiger partial charge in [-0.25, -0.2) is 0 Å². The molecule has 1 aromatic heterocycles. The van der Waals surface area contributed by atoms with Crippen LogP contribution in [0.4, 0.5) is 0 Å². The van der Waals surface area contributed by atoms with E-state index in [2.05, 4.69) is 53.0 Å². The van der Waals surface area contributed by atoms with E-state index >= 15 is 0 Å². The number of nitrogens with zero attached hydrogens (tertiary/aromatic N) is 1. The SMILES string of the molecule is CC(c1cccc(Cl)c1)N(C)C(CN)c1ccc(Br)s1. The van der Waals surface area contributed by atoms with E-state index in [0.717, 1.165) is 8.81 Å². The molecule has 0 radical (unpaired) electrons. The minimum atomic E-state index is 0.209. The van der Waals surface area contributed by atoms with Crippen LogP contribution in [0.2, 0.25) is 5.02 Å². The summed E-state index contributed by atoms with van der Waals surface area (Å²) in [6.45, 7) is 2.77. The molecule has 0 bridgehead atoms. The summed E-state index contributed by atoms with van der Waals surface area (Å²) in [4.78, 5) is 3.57.